The molecule has 0 saturated heterocycles. The van der Waals surface area contributed by atoms with E-state index in [2.05, 4.69) is 36.4 Å². The molecule has 0 atom stereocenters. The van der Waals surface area contributed by atoms with Crippen LogP contribution in [-0.4, -0.2) is 22.2 Å². The van der Waals surface area contributed by atoms with Crippen LogP contribution in [-0.2, 0) is 0 Å². The third-order valence-electron chi connectivity index (χ3n) is 1.59. The molecule has 72 valence electrons. The topological polar surface area (TPSA) is 63.8 Å². The first-order valence-corrected chi connectivity index (χ1v) is 4.71. The Kier molecular flexibility index (Phi) is 2.45. The fraction of sp³-hybridized carbons (Fsp3) is 0.125. The number of aromatic nitrogens is 3. The predicted molar refractivity (Wildman–Crippen MR) is 54.8 cm³/mol. The molecule has 2 heterocycles. The fourth-order valence-corrected chi connectivity index (χ4v) is 1.33. The van der Waals surface area contributed by atoms with Crippen molar-refractivity contribution in [1.82, 2.24) is 15.2 Å². The van der Waals surface area contributed by atoms with Gasteiger partial charge in [0.25, 0.3) is 5.89 Å². The molecule has 0 aliphatic rings. The summed E-state index contributed by atoms with van der Waals surface area (Å²) in [6.45, 7) is 0. The van der Waals surface area contributed by atoms with Gasteiger partial charge in [0.1, 0.15) is 0 Å². The summed E-state index contributed by atoms with van der Waals surface area (Å²) in [5.41, 5.74) is 0.786. The van der Waals surface area contributed by atoms with Crippen molar-refractivity contribution in [3.05, 3.63) is 22.9 Å². The molecule has 0 spiro atoms. The Balaban J connectivity index is 2.39. The lowest BCUT2D eigenvalue weighted by atomic mass is 10.3. The minimum absolute atomic E-state index is 0.389. The van der Waals surface area contributed by atoms with Crippen LogP contribution in [0.2, 0.25) is 0 Å². The average Bonchev–Trinajstić information content (AvgIpc) is 2.66. The summed E-state index contributed by atoms with van der Waals surface area (Å²) < 4.78 is 6.15. The lowest BCUT2D eigenvalue weighted by Crippen LogP contribution is -1.85. The summed E-state index contributed by atoms with van der Waals surface area (Å²) in [5, 5.41) is 10.4. The van der Waals surface area contributed by atoms with Crippen molar-refractivity contribution in [3.8, 4) is 11.5 Å². The molecule has 0 amide bonds. The minimum atomic E-state index is 0.389. The van der Waals surface area contributed by atoms with Crippen molar-refractivity contribution in [3.63, 3.8) is 0 Å². The number of hydrogen-bond donors (Lipinski definition) is 1. The van der Waals surface area contributed by atoms with Gasteiger partial charge < -0.3 is 9.73 Å². The third kappa shape index (κ3) is 1.74. The molecule has 5 nitrogen and oxygen atoms in total. The zero-order chi connectivity index (χ0) is 9.97. The molecule has 0 aliphatic carbocycles. The number of nitrogens with one attached hydrogen (secondary N) is 1. The van der Waals surface area contributed by atoms with Gasteiger partial charge in [-0.15, -0.1) is 5.10 Å². The number of anilines is 1. The van der Waals surface area contributed by atoms with Crippen molar-refractivity contribution in [1.29, 1.82) is 0 Å². The second kappa shape index (κ2) is 3.75. The summed E-state index contributed by atoms with van der Waals surface area (Å²) in [4.78, 5) is 4.00. The van der Waals surface area contributed by atoms with Crippen LogP contribution >= 0.6 is 15.9 Å². The number of nitrogens with zero attached hydrogens (tertiary/aromatic N) is 3. The maximum atomic E-state index is 5.28. The fourth-order valence-electron chi connectivity index (χ4n) is 0.970. The van der Waals surface area contributed by atoms with E-state index in [4.69, 9.17) is 4.42 Å². The Bertz CT molecular complexity index is 442. The molecule has 2 rings (SSSR count). The lowest BCUT2D eigenvalue weighted by molar-refractivity contribution is 0.585. The van der Waals surface area contributed by atoms with Gasteiger partial charge in [-0.1, -0.05) is 5.10 Å². The average molecular weight is 255 g/mol. The van der Waals surface area contributed by atoms with Crippen molar-refractivity contribution in [2.45, 2.75) is 0 Å². The summed E-state index contributed by atoms with van der Waals surface area (Å²) in [5.74, 6) is 0.447. The van der Waals surface area contributed by atoms with E-state index in [1.54, 1.807) is 19.4 Å². The van der Waals surface area contributed by atoms with Crippen LogP contribution in [0.4, 0.5) is 6.01 Å². The molecule has 0 saturated carbocycles. The summed E-state index contributed by atoms with van der Waals surface area (Å²) in [7, 11) is 1.72. The molecule has 0 bridgehead atoms. The maximum Gasteiger partial charge on any atom is 0.315 e. The summed E-state index contributed by atoms with van der Waals surface area (Å²) in [6.07, 6.45) is 3.36. The second-order valence-corrected chi connectivity index (χ2v) is 3.47. The van der Waals surface area contributed by atoms with Gasteiger partial charge >= 0.3 is 6.01 Å². The molecule has 6 heteroatoms. The van der Waals surface area contributed by atoms with E-state index in [-0.39, 0.29) is 0 Å². The SMILES string of the molecule is CNc1nnc(-c2cncc(Br)c2)o1. The lowest BCUT2D eigenvalue weighted by Gasteiger charge is -1.93. The minimum Gasteiger partial charge on any atom is -0.403 e. The van der Waals surface area contributed by atoms with Gasteiger partial charge in [0.05, 0.1) is 5.56 Å². The highest BCUT2D eigenvalue weighted by atomic mass is 79.9. The molecule has 0 unspecified atom stereocenters. The highest BCUT2D eigenvalue weighted by Crippen LogP contribution is 2.21. The smallest absolute Gasteiger partial charge is 0.315 e. The van der Waals surface area contributed by atoms with Crippen LogP contribution in [0.5, 0.6) is 0 Å². The standard InChI is InChI=1S/C8H7BrN4O/c1-10-8-13-12-7(14-8)5-2-6(9)4-11-3-5/h2-4H,1H3,(H,10,13). The van der Waals surface area contributed by atoms with Crippen LogP contribution in [0.3, 0.4) is 0 Å². The molecule has 0 radical (unpaired) electrons. The van der Waals surface area contributed by atoms with Crippen LogP contribution in [0.25, 0.3) is 11.5 Å². The Morgan fingerprint density at radius 1 is 1.36 bits per heavy atom. The molecule has 0 aromatic carbocycles. The first-order chi connectivity index (χ1) is 6.79. The van der Waals surface area contributed by atoms with E-state index in [0.717, 1.165) is 10.0 Å². The summed E-state index contributed by atoms with van der Waals surface area (Å²) in [6, 6.07) is 2.25. The first-order valence-electron chi connectivity index (χ1n) is 3.92. The van der Waals surface area contributed by atoms with Crippen LogP contribution < -0.4 is 5.32 Å². The van der Waals surface area contributed by atoms with E-state index >= 15 is 0 Å². The van der Waals surface area contributed by atoms with Gasteiger partial charge in [0, 0.05) is 23.9 Å². The monoisotopic (exact) mass is 254 g/mol. The maximum absolute atomic E-state index is 5.28. The third-order valence-corrected chi connectivity index (χ3v) is 2.02. The Hall–Kier alpha value is -1.43. The zero-order valence-electron chi connectivity index (χ0n) is 7.36. The highest BCUT2D eigenvalue weighted by Gasteiger charge is 2.07. The molecular formula is C8H7BrN4O. The molecule has 0 fully saturated rings. The normalized spacial score (nSPS) is 10.1. The Morgan fingerprint density at radius 2 is 2.21 bits per heavy atom. The Morgan fingerprint density at radius 3 is 2.86 bits per heavy atom. The summed E-state index contributed by atoms with van der Waals surface area (Å²) >= 11 is 3.32. The molecule has 14 heavy (non-hydrogen) atoms. The number of halogens is 1. The zero-order valence-corrected chi connectivity index (χ0v) is 8.95. The highest BCUT2D eigenvalue weighted by molar-refractivity contribution is 9.10. The van der Waals surface area contributed by atoms with Crippen molar-refractivity contribution in [2.24, 2.45) is 0 Å². The first kappa shape index (κ1) is 9.14. The predicted octanol–water partition coefficient (Wildman–Crippen LogP) is 1.94. The van der Waals surface area contributed by atoms with Crippen LogP contribution in [0.15, 0.2) is 27.3 Å². The van der Waals surface area contributed by atoms with E-state index in [1.165, 1.54) is 0 Å². The van der Waals surface area contributed by atoms with Crippen LogP contribution in [0.1, 0.15) is 0 Å². The number of pyridine rings is 1. The number of hydrogen-bond acceptors (Lipinski definition) is 5. The van der Waals surface area contributed by atoms with Gasteiger partial charge in [0.2, 0.25) is 0 Å². The quantitative estimate of drug-likeness (QED) is 0.888. The van der Waals surface area contributed by atoms with Gasteiger partial charge in [0.15, 0.2) is 0 Å². The molecule has 2 aromatic rings. The molecule has 2 aromatic heterocycles. The van der Waals surface area contributed by atoms with Gasteiger partial charge in [-0.3, -0.25) is 4.98 Å². The molecule has 0 aliphatic heterocycles. The van der Waals surface area contributed by atoms with E-state index in [9.17, 15) is 0 Å². The van der Waals surface area contributed by atoms with Gasteiger partial charge in [-0.2, -0.15) is 0 Å². The van der Waals surface area contributed by atoms with E-state index in [0.29, 0.717) is 11.9 Å². The van der Waals surface area contributed by atoms with E-state index < -0.39 is 0 Å². The number of rotatable bonds is 2. The van der Waals surface area contributed by atoms with Crippen molar-refractivity contribution >= 4 is 21.9 Å². The van der Waals surface area contributed by atoms with Crippen molar-refractivity contribution < 1.29 is 4.42 Å². The van der Waals surface area contributed by atoms with E-state index in [1.807, 2.05) is 6.07 Å². The molecule has 1 N–H and O–H groups in total. The van der Waals surface area contributed by atoms with Crippen molar-refractivity contribution in [2.75, 3.05) is 12.4 Å². The second-order valence-electron chi connectivity index (χ2n) is 2.55. The largest absolute Gasteiger partial charge is 0.403 e. The molecular weight excluding hydrogens is 248 g/mol. The Labute approximate surface area is 88.7 Å². The van der Waals surface area contributed by atoms with Gasteiger partial charge in [-0.25, -0.2) is 0 Å². The van der Waals surface area contributed by atoms with Gasteiger partial charge in [-0.05, 0) is 22.0 Å². The van der Waals surface area contributed by atoms with Crippen LogP contribution in [0, 0.1) is 0 Å².